The van der Waals surface area contributed by atoms with Gasteiger partial charge in [0, 0.05) is 31.5 Å². The highest BCUT2D eigenvalue weighted by Gasteiger charge is 2.25. The zero-order valence-corrected chi connectivity index (χ0v) is 23.1. The monoisotopic (exact) mass is 542 g/mol. The second-order valence-corrected chi connectivity index (χ2v) is 10.5. The van der Waals surface area contributed by atoms with Crippen molar-refractivity contribution >= 4 is 23.5 Å². The number of allylic oxidation sites excluding steroid dienone is 2. The Balaban J connectivity index is 1.21. The van der Waals surface area contributed by atoms with Crippen LogP contribution < -0.4 is 15.0 Å². The summed E-state index contributed by atoms with van der Waals surface area (Å²) in [6, 6.07) is 5.67. The highest BCUT2D eigenvalue weighted by atomic mass is 19.1. The molecule has 1 aromatic heterocycles. The van der Waals surface area contributed by atoms with E-state index in [4.69, 9.17) is 14.0 Å². The van der Waals surface area contributed by atoms with E-state index in [0.29, 0.717) is 50.2 Å². The van der Waals surface area contributed by atoms with Gasteiger partial charge in [0.25, 0.3) is 0 Å². The number of nitrogens with one attached hydrogen (secondary N) is 1. The highest BCUT2D eigenvalue weighted by Crippen LogP contribution is 2.33. The molecule has 1 N–H and O–H groups in total. The van der Waals surface area contributed by atoms with Crippen LogP contribution >= 0.6 is 0 Å². The molecule has 1 aromatic carbocycles. The van der Waals surface area contributed by atoms with Crippen molar-refractivity contribution in [3.63, 3.8) is 0 Å². The molecule has 10 heteroatoms. The number of piperidine rings is 1. The van der Waals surface area contributed by atoms with Crippen LogP contribution in [0.4, 0.5) is 10.4 Å². The Morgan fingerprint density at radius 2 is 2.03 bits per heavy atom. The summed E-state index contributed by atoms with van der Waals surface area (Å²) in [5.74, 6) is 0.624. The third kappa shape index (κ3) is 7.80. The largest absolute Gasteiger partial charge is 0.490 e. The minimum Gasteiger partial charge on any atom is -0.490 e. The molecule has 9 nitrogen and oxygen atoms in total. The third-order valence-electron chi connectivity index (χ3n) is 7.33. The number of carbonyl (C=O) groups is 2. The molecule has 1 aliphatic heterocycles. The lowest BCUT2D eigenvalue weighted by molar-refractivity contribution is -0.143. The fraction of sp³-hybridized carbons (Fsp3) is 0.586. The van der Waals surface area contributed by atoms with Crippen LogP contribution in [-0.4, -0.2) is 54.9 Å². The first-order valence-corrected chi connectivity index (χ1v) is 14.0. The zero-order valence-electron chi connectivity index (χ0n) is 23.1. The van der Waals surface area contributed by atoms with E-state index in [9.17, 15) is 14.0 Å². The Kier molecular flexibility index (Phi) is 9.95. The quantitative estimate of drug-likeness (QED) is 0.401. The molecule has 1 aliphatic carbocycles. The van der Waals surface area contributed by atoms with Crippen LogP contribution in [0.3, 0.4) is 0 Å². The molecule has 1 unspecified atom stereocenters. The van der Waals surface area contributed by atoms with Crippen molar-refractivity contribution in [1.82, 2.24) is 15.5 Å². The fourth-order valence-corrected chi connectivity index (χ4v) is 4.91. The molecule has 2 aromatic rings. The maximum Gasteiger partial charge on any atom is 0.324 e. The molecule has 4 rings (SSSR count). The van der Waals surface area contributed by atoms with Crippen molar-refractivity contribution in [2.75, 3.05) is 37.7 Å². The normalized spacial score (nSPS) is 18.1. The number of aromatic nitrogens is 2. The van der Waals surface area contributed by atoms with E-state index >= 15 is 0 Å². The number of esters is 1. The van der Waals surface area contributed by atoms with Gasteiger partial charge in [0.1, 0.15) is 0 Å². The minimum atomic E-state index is -0.378. The van der Waals surface area contributed by atoms with Crippen LogP contribution in [-0.2, 0) is 14.3 Å². The molecule has 0 bridgehead atoms. The Morgan fingerprint density at radius 1 is 1.23 bits per heavy atom. The molecule has 212 valence electrons. The van der Waals surface area contributed by atoms with Gasteiger partial charge in [0.2, 0.25) is 5.91 Å². The predicted molar refractivity (Wildman–Crippen MR) is 145 cm³/mol. The fourth-order valence-electron chi connectivity index (χ4n) is 4.91. The van der Waals surface area contributed by atoms with Gasteiger partial charge in [-0.2, -0.15) is 4.98 Å². The molecule has 1 fully saturated rings. The maximum absolute atomic E-state index is 14.9. The molecule has 39 heavy (non-hydrogen) atoms. The number of hydrogen-bond acceptors (Lipinski definition) is 8. The van der Waals surface area contributed by atoms with Crippen molar-refractivity contribution in [3.05, 3.63) is 41.5 Å². The molecule has 1 saturated heterocycles. The van der Waals surface area contributed by atoms with Crippen LogP contribution in [0.2, 0.25) is 0 Å². The maximum atomic E-state index is 14.9. The lowest BCUT2D eigenvalue weighted by Crippen LogP contribution is -2.35. The first kappa shape index (κ1) is 28.6. The topological polar surface area (TPSA) is 107 Å². The summed E-state index contributed by atoms with van der Waals surface area (Å²) in [6.07, 6.45) is 5.94. The number of halogens is 1. The van der Waals surface area contributed by atoms with Crippen molar-refractivity contribution in [3.8, 4) is 5.75 Å². The van der Waals surface area contributed by atoms with Crippen LogP contribution in [0.1, 0.15) is 76.6 Å². The standard InChI is InChI=1S/C29H39FN4O5/c1-4-37-26(35)11-14-31-28(36)22-7-5-21(6-8-22)23-9-10-25(24(30)17-23)38-18-20-12-15-34(16-13-20)29-32-27(19(2)3)33-39-29/h5,9-10,17,19-20,22H,4,6-8,11-16,18H2,1-3H3,(H,31,36). The van der Waals surface area contributed by atoms with Crippen LogP contribution in [0.5, 0.6) is 5.75 Å². The number of benzene rings is 1. The Hall–Kier alpha value is -3.43. The molecule has 0 radical (unpaired) electrons. The van der Waals surface area contributed by atoms with Crippen molar-refractivity contribution < 1.29 is 28.0 Å². The van der Waals surface area contributed by atoms with Gasteiger partial charge in [0.05, 0.1) is 19.6 Å². The molecular formula is C29H39FN4O5. The van der Waals surface area contributed by atoms with E-state index in [1.54, 1.807) is 13.0 Å². The molecule has 2 aliphatic rings. The molecule has 2 heterocycles. The average Bonchev–Trinajstić information content (AvgIpc) is 3.44. The molecular weight excluding hydrogens is 503 g/mol. The van der Waals surface area contributed by atoms with Gasteiger partial charge in [-0.1, -0.05) is 31.1 Å². The zero-order chi connectivity index (χ0) is 27.8. The van der Waals surface area contributed by atoms with E-state index in [1.807, 2.05) is 26.0 Å². The Bertz CT molecular complexity index is 1160. The lowest BCUT2D eigenvalue weighted by Gasteiger charge is -2.30. The van der Waals surface area contributed by atoms with E-state index in [2.05, 4.69) is 20.4 Å². The highest BCUT2D eigenvalue weighted by molar-refractivity contribution is 5.81. The van der Waals surface area contributed by atoms with E-state index < -0.39 is 0 Å². The van der Waals surface area contributed by atoms with Gasteiger partial charge < -0.3 is 24.2 Å². The summed E-state index contributed by atoms with van der Waals surface area (Å²) in [4.78, 5) is 30.4. The molecule has 0 saturated carbocycles. The Morgan fingerprint density at radius 3 is 2.67 bits per heavy atom. The van der Waals surface area contributed by atoms with Gasteiger partial charge in [-0.25, -0.2) is 4.39 Å². The number of ether oxygens (including phenoxy) is 2. The van der Waals surface area contributed by atoms with Crippen molar-refractivity contribution in [1.29, 1.82) is 0 Å². The average molecular weight is 543 g/mol. The van der Waals surface area contributed by atoms with Crippen molar-refractivity contribution in [2.24, 2.45) is 11.8 Å². The van der Waals surface area contributed by atoms with Gasteiger partial charge in [0.15, 0.2) is 17.4 Å². The first-order valence-electron chi connectivity index (χ1n) is 14.0. The summed E-state index contributed by atoms with van der Waals surface area (Å²) in [5.41, 5.74) is 1.85. The second kappa shape index (κ2) is 13.6. The minimum absolute atomic E-state index is 0.0623. The van der Waals surface area contributed by atoms with Gasteiger partial charge >= 0.3 is 12.0 Å². The third-order valence-corrected chi connectivity index (χ3v) is 7.33. The number of hydrogen-bond donors (Lipinski definition) is 1. The van der Waals surface area contributed by atoms with Gasteiger partial charge in [-0.05, 0) is 68.2 Å². The van der Waals surface area contributed by atoms with Gasteiger partial charge in [-0.3, -0.25) is 9.59 Å². The summed E-state index contributed by atoms with van der Waals surface area (Å²) >= 11 is 0. The van der Waals surface area contributed by atoms with E-state index in [-0.39, 0.29) is 48.2 Å². The van der Waals surface area contributed by atoms with Crippen molar-refractivity contribution in [2.45, 2.75) is 65.2 Å². The predicted octanol–water partition coefficient (Wildman–Crippen LogP) is 4.88. The lowest BCUT2D eigenvalue weighted by atomic mass is 9.86. The van der Waals surface area contributed by atoms with Crippen LogP contribution in [0.15, 0.2) is 28.8 Å². The van der Waals surface area contributed by atoms with E-state index in [1.165, 1.54) is 6.07 Å². The van der Waals surface area contributed by atoms with Crippen LogP contribution in [0.25, 0.3) is 5.57 Å². The number of nitrogens with zero attached hydrogens (tertiary/aromatic N) is 3. The first-order chi connectivity index (χ1) is 18.8. The SMILES string of the molecule is CCOC(=O)CCNC(=O)C1CC=C(c2ccc(OCC3CCN(c4nc(C(C)C)no4)CC3)c(F)c2)CC1. The smallest absolute Gasteiger partial charge is 0.324 e. The Labute approximate surface area is 229 Å². The molecule has 0 spiro atoms. The van der Waals surface area contributed by atoms with Gasteiger partial charge in [-0.15, -0.1) is 0 Å². The summed E-state index contributed by atoms with van der Waals surface area (Å²) < 4.78 is 31.0. The summed E-state index contributed by atoms with van der Waals surface area (Å²) in [7, 11) is 0. The molecule has 1 amide bonds. The number of anilines is 1. The number of carbonyl (C=O) groups excluding carboxylic acids is 2. The summed E-state index contributed by atoms with van der Waals surface area (Å²) in [6.45, 7) is 8.48. The number of rotatable bonds is 11. The van der Waals surface area contributed by atoms with E-state index in [0.717, 1.165) is 37.1 Å². The second-order valence-electron chi connectivity index (χ2n) is 10.5. The number of amides is 1. The molecule has 1 atom stereocenters. The summed E-state index contributed by atoms with van der Waals surface area (Å²) in [5, 5.41) is 6.85. The van der Waals surface area contributed by atoms with Crippen LogP contribution in [0, 0.1) is 17.7 Å².